The fourth-order valence-electron chi connectivity index (χ4n) is 3.18. The van der Waals surface area contributed by atoms with Crippen molar-refractivity contribution in [3.05, 3.63) is 35.6 Å². The normalized spacial score (nSPS) is 15.3. The lowest BCUT2D eigenvalue weighted by molar-refractivity contribution is -0.154. The van der Waals surface area contributed by atoms with Crippen LogP contribution >= 0.6 is 0 Å². The summed E-state index contributed by atoms with van der Waals surface area (Å²) < 4.78 is 18.4. The summed E-state index contributed by atoms with van der Waals surface area (Å²) in [5.41, 5.74) is -0.118. The molecule has 0 radical (unpaired) electrons. The number of benzene rings is 1. The van der Waals surface area contributed by atoms with Crippen molar-refractivity contribution in [3.8, 4) is 0 Å². The Morgan fingerprint density at radius 1 is 1.08 bits per heavy atom. The number of amides is 2. The number of hydrogen-bond donors (Lipinski definition) is 2. The van der Waals surface area contributed by atoms with Crippen molar-refractivity contribution < 1.29 is 23.5 Å². The van der Waals surface area contributed by atoms with Crippen LogP contribution in [-0.2, 0) is 24.5 Å². The van der Waals surface area contributed by atoms with Gasteiger partial charge in [0.1, 0.15) is 5.82 Å². The SMILES string of the molecule is CCCNC(=O)CNC(=O)COC(=O)C1(c2ccc(F)cc2)CCCC1. The monoisotopic (exact) mass is 364 g/mol. The van der Waals surface area contributed by atoms with Crippen molar-refractivity contribution in [3.63, 3.8) is 0 Å². The van der Waals surface area contributed by atoms with Gasteiger partial charge in [-0.25, -0.2) is 4.39 Å². The number of nitrogens with one attached hydrogen (secondary N) is 2. The molecule has 0 spiro atoms. The van der Waals surface area contributed by atoms with Gasteiger partial charge in [-0.3, -0.25) is 14.4 Å². The maximum atomic E-state index is 13.2. The lowest BCUT2D eigenvalue weighted by Crippen LogP contribution is -2.41. The van der Waals surface area contributed by atoms with Crippen LogP contribution in [0.3, 0.4) is 0 Å². The number of rotatable bonds is 8. The summed E-state index contributed by atoms with van der Waals surface area (Å²) in [6.07, 6.45) is 3.77. The van der Waals surface area contributed by atoms with E-state index in [9.17, 15) is 18.8 Å². The number of carbonyl (C=O) groups is 3. The molecule has 1 aliphatic rings. The van der Waals surface area contributed by atoms with Crippen LogP contribution in [0, 0.1) is 5.82 Å². The molecule has 0 bridgehead atoms. The van der Waals surface area contributed by atoms with E-state index in [1.165, 1.54) is 12.1 Å². The first kappa shape index (κ1) is 19.9. The number of ether oxygens (including phenoxy) is 1. The summed E-state index contributed by atoms with van der Waals surface area (Å²) in [6.45, 7) is 1.88. The zero-order chi connectivity index (χ0) is 19.0. The van der Waals surface area contributed by atoms with E-state index in [-0.39, 0.29) is 18.3 Å². The lowest BCUT2D eigenvalue weighted by Gasteiger charge is -2.27. The standard InChI is InChI=1S/C19H25FN2O4/c1-2-11-21-16(23)12-22-17(24)13-26-18(25)19(9-3-4-10-19)14-5-7-15(20)8-6-14/h5-8H,2-4,9-13H2,1H3,(H,21,23)(H,22,24). The quantitative estimate of drug-likeness (QED) is 0.689. The minimum Gasteiger partial charge on any atom is -0.455 e. The molecule has 6 nitrogen and oxygen atoms in total. The molecule has 1 saturated carbocycles. The Labute approximate surface area is 152 Å². The molecule has 142 valence electrons. The van der Waals surface area contributed by atoms with E-state index >= 15 is 0 Å². The first-order valence-corrected chi connectivity index (χ1v) is 8.94. The van der Waals surface area contributed by atoms with E-state index in [2.05, 4.69) is 10.6 Å². The molecule has 2 amide bonds. The van der Waals surface area contributed by atoms with Gasteiger partial charge in [-0.1, -0.05) is 31.9 Å². The predicted octanol–water partition coefficient (Wildman–Crippen LogP) is 1.82. The average molecular weight is 364 g/mol. The topological polar surface area (TPSA) is 84.5 Å². The second-order valence-corrected chi connectivity index (χ2v) is 6.50. The fraction of sp³-hybridized carbons (Fsp3) is 0.526. The molecule has 1 aromatic rings. The molecule has 0 heterocycles. The minimum absolute atomic E-state index is 0.153. The van der Waals surface area contributed by atoms with Crippen LogP contribution in [0.5, 0.6) is 0 Å². The molecule has 7 heteroatoms. The molecule has 1 aromatic carbocycles. The van der Waals surface area contributed by atoms with Crippen molar-refractivity contribution in [1.82, 2.24) is 10.6 Å². The third kappa shape index (κ3) is 5.03. The summed E-state index contributed by atoms with van der Waals surface area (Å²) in [6, 6.07) is 5.84. The highest BCUT2D eigenvalue weighted by molar-refractivity contribution is 5.88. The number of carbonyl (C=O) groups excluding carboxylic acids is 3. The zero-order valence-electron chi connectivity index (χ0n) is 15.0. The van der Waals surface area contributed by atoms with Gasteiger partial charge in [0.25, 0.3) is 5.91 Å². The van der Waals surface area contributed by atoms with Gasteiger partial charge in [-0.15, -0.1) is 0 Å². The van der Waals surface area contributed by atoms with Crippen molar-refractivity contribution in [2.45, 2.75) is 44.4 Å². The molecular formula is C19H25FN2O4. The van der Waals surface area contributed by atoms with E-state index in [4.69, 9.17) is 4.74 Å². The molecule has 0 unspecified atom stereocenters. The molecule has 26 heavy (non-hydrogen) atoms. The maximum absolute atomic E-state index is 13.2. The number of hydrogen-bond acceptors (Lipinski definition) is 4. The Kier molecular flexibility index (Phi) is 7.12. The first-order valence-electron chi connectivity index (χ1n) is 8.94. The minimum atomic E-state index is -0.827. The van der Waals surface area contributed by atoms with Gasteiger partial charge in [-0.2, -0.15) is 0 Å². The lowest BCUT2D eigenvalue weighted by atomic mass is 9.79. The van der Waals surface area contributed by atoms with E-state index in [0.29, 0.717) is 24.9 Å². The van der Waals surface area contributed by atoms with Gasteiger partial charge in [-0.05, 0) is 37.0 Å². The molecule has 0 atom stereocenters. The van der Waals surface area contributed by atoms with Crippen molar-refractivity contribution in [2.75, 3.05) is 19.7 Å². The first-order chi connectivity index (χ1) is 12.5. The molecule has 1 fully saturated rings. The Hall–Kier alpha value is -2.44. The Balaban J connectivity index is 1.89. The molecule has 2 N–H and O–H groups in total. The van der Waals surface area contributed by atoms with E-state index in [0.717, 1.165) is 19.3 Å². The van der Waals surface area contributed by atoms with E-state index < -0.39 is 23.9 Å². The zero-order valence-corrected chi connectivity index (χ0v) is 15.0. The molecule has 0 aromatic heterocycles. The van der Waals surface area contributed by atoms with Crippen molar-refractivity contribution >= 4 is 17.8 Å². The summed E-state index contributed by atoms with van der Waals surface area (Å²) >= 11 is 0. The highest BCUT2D eigenvalue weighted by Gasteiger charge is 2.44. The Bertz CT molecular complexity index is 639. The third-order valence-corrected chi connectivity index (χ3v) is 4.60. The second-order valence-electron chi connectivity index (χ2n) is 6.50. The Morgan fingerprint density at radius 2 is 1.73 bits per heavy atom. The van der Waals surface area contributed by atoms with E-state index in [1.807, 2.05) is 6.92 Å². The van der Waals surface area contributed by atoms with Gasteiger partial charge in [0, 0.05) is 6.54 Å². The molecule has 0 aliphatic heterocycles. The smallest absolute Gasteiger partial charge is 0.317 e. The van der Waals surface area contributed by atoms with Crippen LogP contribution in [0.15, 0.2) is 24.3 Å². The molecule has 2 rings (SSSR count). The third-order valence-electron chi connectivity index (χ3n) is 4.60. The van der Waals surface area contributed by atoms with Crippen LogP contribution in [0.1, 0.15) is 44.6 Å². The van der Waals surface area contributed by atoms with Crippen molar-refractivity contribution in [1.29, 1.82) is 0 Å². The van der Waals surface area contributed by atoms with Gasteiger partial charge >= 0.3 is 5.97 Å². The van der Waals surface area contributed by atoms with Crippen LogP contribution < -0.4 is 10.6 Å². The number of esters is 1. The maximum Gasteiger partial charge on any atom is 0.317 e. The molecule has 0 saturated heterocycles. The van der Waals surface area contributed by atoms with Gasteiger partial charge < -0.3 is 15.4 Å². The fourth-order valence-corrected chi connectivity index (χ4v) is 3.18. The van der Waals surface area contributed by atoms with Crippen LogP contribution in [-0.4, -0.2) is 37.5 Å². The van der Waals surface area contributed by atoms with Gasteiger partial charge in [0.05, 0.1) is 12.0 Å². The predicted molar refractivity (Wildman–Crippen MR) is 93.8 cm³/mol. The highest BCUT2D eigenvalue weighted by Crippen LogP contribution is 2.42. The average Bonchev–Trinajstić information content (AvgIpc) is 3.14. The van der Waals surface area contributed by atoms with Gasteiger partial charge in [0.15, 0.2) is 6.61 Å². The summed E-state index contributed by atoms with van der Waals surface area (Å²) in [4.78, 5) is 35.9. The second kappa shape index (κ2) is 9.31. The van der Waals surface area contributed by atoms with Crippen LogP contribution in [0.25, 0.3) is 0 Å². The summed E-state index contributed by atoms with van der Waals surface area (Å²) in [5, 5.41) is 5.06. The van der Waals surface area contributed by atoms with Crippen LogP contribution in [0.4, 0.5) is 4.39 Å². The largest absolute Gasteiger partial charge is 0.455 e. The van der Waals surface area contributed by atoms with Crippen molar-refractivity contribution in [2.24, 2.45) is 0 Å². The molecule has 1 aliphatic carbocycles. The Morgan fingerprint density at radius 3 is 2.35 bits per heavy atom. The van der Waals surface area contributed by atoms with Gasteiger partial charge in [0.2, 0.25) is 5.91 Å². The summed E-state index contributed by atoms with van der Waals surface area (Å²) in [5.74, 6) is -1.66. The molecular weight excluding hydrogens is 339 g/mol. The highest BCUT2D eigenvalue weighted by atomic mass is 19.1. The van der Waals surface area contributed by atoms with Crippen LogP contribution in [0.2, 0.25) is 0 Å². The van der Waals surface area contributed by atoms with E-state index in [1.54, 1.807) is 12.1 Å². The summed E-state index contributed by atoms with van der Waals surface area (Å²) in [7, 11) is 0. The number of halogens is 1.